The van der Waals surface area contributed by atoms with Gasteiger partial charge < -0.3 is 4.90 Å². The first kappa shape index (κ1) is 10.1. The van der Waals surface area contributed by atoms with Gasteiger partial charge in [-0.25, -0.2) is 0 Å². The molecule has 1 fully saturated rings. The van der Waals surface area contributed by atoms with Gasteiger partial charge in [-0.05, 0) is 24.3 Å². The number of halogens is 1. The molecule has 0 aromatic heterocycles. The molecule has 1 aromatic rings. The molecule has 14 heavy (non-hydrogen) atoms. The molecule has 1 heterocycles. The number of rotatable bonds is 1. The fraction of sp³-hybridized carbons (Fsp3) is 0.300. The van der Waals surface area contributed by atoms with Crippen LogP contribution in [0.4, 0.5) is 5.69 Å². The standard InChI is InChI=1S/C10H10BrNOS/c11-7-1-3-8(4-2-7)12-6-9(14)5-10(12)13/h1-4,9,14H,5-6H2. The van der Waals surface area contributed by atoms with Crippen LogP contribution in [-0.4, -0.2) is 17.7 Å². The Morgan fingerprint density at radius 3 is 2.50 bits per heavy atom. The average Bonchev–Trinajstić information content (AvgIpc) is 2.47. The van der Waals surface area contributed by atoms with Crippen molar-refractivity contribution in [1.29, 1.82) is 0 Å². The summed E-state index contributed by atoms with van der Waals surface area (Å²) < 4.78 is 1.02. The molecule has 0 bridgehead atoms. The maximum atomic E-state index is 11.5. The Morgan fingerprint density at radius 1 is 1.36 bits per heavy atom. The molecule has 1 unspecified atom stereocenters. The molecule has 0 N–H and O–H groups in total. The SMILES string of the molecule is O=C1CC(S)CN1c1ccc(Br)cc1. The van der Waals surface area contributed by atoms with Crippen LogP contribution in [0.2, 0.25) is 0 Å². The molecular weight excluding hydrogens is 262 g/mol. The van der Waals surface area contributed by atoms with E-state index in [4.69, 9.17) is 0 Å². The van der Waals surface area contributed by atoms with E-state index in [9.17, 15) is 4.79 Å². The van der Waals surface area contributed by atoms with E-state index in [1.807, 2.05) is 24.3 Å². The Labute approximate surface area is 96.8 Å². The number of hydrogen-bond donors (Lipinski definition) is 1. The predicted molar refractivity (Wildman–Crippen MR) is 63.9 cm³/mol. The third-order valence-electron chi connectivity index (χ3n) is 2.24. The van der Waals surface area contributed by atoms with Crippen molar-refractivity contribution in [3.63, 3.8) is 0 Å². The minimum Gasteiger partial charge on any atom is -0.311 e. The normalized spacial score (nSPS) is 21.7. The average molecular weight is 272 g/mol. The van der Waals surface area contributed by atoms with Gasteiger partial charge in [0, 0.05) is 28.4 Å². The van der Waals surface area contributed by atoms with E-state index in [2.05, 4.69) is 28.6 Å². The summed E-state index contributed by atoms with van der Waals surface area (Å²) in [5.41, 5.74) is 0.953. The van der Waals surface area contributed by atoms with Gasteiger partial charge in [0.2, 0.25) is 5.91 Å². The van der Waals surface area contributed by atoms with Gasteiger partial charge in [0.15, 0.2) is 0 Å². The summed E-state index contributed by atoms with van der Waals surface area (Å²) in [6.45, 7) is 0.712. The molecule has 2 nitrogen and oxygen atoms in total. The highest BCUT2D eigenvalue weighted by molar-refractivity contribution is 9.10. The molecule has 0 radical (unpaired) electrons. The summed E-state index contributed by atoms with van der Waals surface area (Å²) in [6.07, 6.45) is 0.541. The number of carbonyl (C=O) groups is 1. The molecule has 2 rings (SSSR count). The number of amides is 1. The van der Waals surface area contributed by atoms with Crippen LogP contribution in [0.5, 0.6) is 0 Å². The molecule has 1 aromatic carbocycles. The summed E-state index contributed by atoms with van der Waals surface area (Å²) in [4.78, 5) is 13.3. The van der Waals surface area contributed by atoms with Crippen LogP contribution in [0.3, 0.4) is 0 Å². The van der Waals surface area contributed by atoms with Crippen LogP contribution in [0.1, 0.15) is 6.42 Å². The van der Waals surface area contributed by atoms with Crippen molar-refractivity contribution < 1.29 is 4.79 Å². The lowest BCUT2D eigenvalue weighted by Crippen LogP contribution is -2.24. The minimum absolute atomic E-state index is 0.160. The van der Waals surface area contributed by atoms with Crippen molar-refractivity contribution in [3.05, 3.63) is 28.7 Å². The summed E-state index contributed by atoms with van der Waals surface area (Å²) in [5, 5.41) is 0.172. The quantitative estimate of drug-likeness (QED) is 0.779. The zero-order valence-electron chi connectivity index (χ0n) is 7.48. The Hall–Kier alpha value is -0.480. The van der Waals surface area contributed by atoms with Gasteiger partial charge in [-0.15, -0.1) is 0 Å². The number of benzene rings is 1. The van der Waals surface area contributed by atoms with Gasteiger partial charge in [0.1, 0.15) is 0 Å². The lowest BCUT2D eigenvalue weighted by molar-refractivity contribution is -0.117. The molecular formula is C10H10BrNOS. The Morgan fingerprint density at radius 2 is 2.00 bits per heavy atom. The summed E-state index contributed by atoms with van der Waals surface area (Å²) >= 11 is 7.67. The molecule has 0 saturated carbocycles. The van der Waals surface area contributed by atoms with E-state index < -0.39 is 0 Å². The maximum Gasteiger partial charge on any atom is 0.228 e. The second-order valence-electron chi connectivity index (χ2n) is 3.34. The second kappa shape index (κ2) is 3.95. The highest BCUT2D eigenvalue weighted by Gasteiger charge is 2.27. The summed E-state index contributed by atoms with van der Waals surface area (Å²) in [6, 6.07) is 7.75. The van der Waals surface area contributed by atoms with Gasteiger partial charge in [-0.3, -0.25) is 4.79 Å². The lowest BCUT2D eigenvalue weighted by Gasteiger charge is -2.15. The second-order valence-corrected chi connectivity index (χ2v) is 4.98. The van der Waals surface area contributed by atoms with Crippen LogP contribution in [0.15, 0.2) is 28.7 Å². The van der Waals surface area contributed by atoms with Crippen molar-refractivity contribution >= 4 is 40.2 Å². The zero-order valence-corrected chi connectivity index (χ0v) is 9.96. The molecule has 74 valence electrons. The third kappa shape index (κ3) is 1.96. The number of hydrogen-bond acceptors (Lipinski definition) is 2. The number of carbonyl (C=O) groups excluding carboxylic acids is 1. The molecule has 1 aliphatic rings. The smallest absolute Gasteiger partial charge is 0.228 e. The van der Waals surface area contributed by atoms with E-state index in [1.165, 1.54) is 0 Å². The molecule has 1 saturated heterocycles. The molecule has 1 aliphatic heterocycles. The highest BCUT2D eigenvalue weighted by Crippen LogP contribution is 2.25. The maximum absolute atomic E-state index is 11.5. The van der Waals surface area contributed by atoms with E-state index in [1.54, 1.807) is 4.90 Å². The van der Waals surface area contributed by atoms with Gasteiger partial charge in [0.25, 0.3) is 0 Å². The Balaban J connectivity index is 2.23. The first-order valence-corrected chi connectivity index (χ1v) is 5.72. The molecule has 0 spiro atoms. The van der Waals surface area contributed by atoms with Crippen molar-refractivity contribution in [2.45, 2.75) is 11.7 Å². The van der Waals surface area contributed by atoms with Crippen molar-refractivity contribution in [3.8, 4) is 0 Å². The van der Waals surface area contributed by atoms with Gasteiger partial charge in [-0.2, -0.15) is 12.6 Å². The monoisotopic (exact) mass is 271 g/mol. The van der Waals surface area contributed by atoms with Crippen LogP contribution >= 0.6 is 28.6 Å². The predicted octanol–water partition coefficient (Wildman–Crippen LogP) is 2.48. The molecule has 1 amide bonds. The topological polar surface area (TPSA) is 20.3 Å². The highest BCUT2D eigenvalue weighted by atomic mass is 79.9. The lowest BCUT2D eigenvalue weighted by atomic mass is 10.3. The van der Waals surface area contributed by atoms with E-state index >= 15 is 0 Å². The van der Waals surface area contributed by atoms with Gasteiger partial charge in [0.05, 0.1) is 0 Å². The van der Waals surface area contributed by atoms with Crippen molar-refractivity contribution in [2.75, 3.05) is 11.4 Å². The fourth-order valence-electron chi connectivity index (χ4n) is 1.56. The van der Waals surface area contributed by atoms with E-state index in [-0.39, 0.29) is 11.2 Å². The summed E-state index contributed by atoms with van der Waals surface area (Å²) in [5.74, 6) is 0.160. The zero-order chi connectivity index (χ0) is 10.1. The number of thiol groups is 1. The van der Waals surface area contributed by atoms with Crippen molar-refractivity contribution in [1.82, 2.24) is 0 Å². The fourth-order valence-corrected chi connectivity index (χ4v) is 2.14. The van der Waals surface area contributed by atoms with Crippen LogP contribution < -0.4 is 4.90 Å². The Bertz CT molecular complexity index is 352. The van der Waals surface area contributed by atoms with Crippen LogP contribution in [0, 0.1) is 0 Å². The van der Waals surface area contributed by atoms with Gasteiger partial charge >= 0.3 is 0 Å². The Kier molecular flexibility index (Phi) is 2.83. The van der Waals surface area contributed by atoms with Crippen LogP contribution in [-0.2, 0) is 4.79 Å². The minimum atomic E-state index is 0.160. The van der Waals surface area contributed by atoms with E-state index in [0.717, 1.165) is 10.2 Å². The summed E-state index contributed by atoms with van der Waals surface area (Å²) in [7, 11) is 0. The number of nitrogens with zero attached hydrogens (tertiary/aromatic N) is 1. The third-order valence-corrected chi connectivity index (χ3v) is 3.12. The van der Waals surface area contributed by atoms with Crippen molar-refractivity contribution in [2.24, 2.45) is 0 Å². The van der Waals surface area contributed by atoms with Crippen LogP contribution in [0.25, 0.3) is 0 Å². The molecule has 4 heteroatoms. The molecule has 0 aliphatic carbocycles. The number of anilines is 1. The largest absolute Gasteiger partial charge is 0.311 e. The first-order chi connectivity index (χ1) is 6.66. The van der Waals surface area contributed by atoms with E-state index in [0.29, 0.717) is 13.0 Å². The molecule has 1 atom stereocenters. The first-order valence-electron chi connectivity index (χ1n) is 4.41. The van der Waals surface area contributed by atoms with Gasteiger partial charge in [-0.1, -0.05) is 15.9 Å².